The van der Waals surface area contributed by atoms with E-state index in [-0.39, 0.29) is 17.2 Å². The van der Waals surface area contributed by atoms with Gasteiger partial charge in [0.25, 0.3) is 0 Å². The van der Waals surface area contributed by atoms with E-state index in [1.807, 2.05) is 0 Å². The fourth-order valence-electron chi connectivity index (χ4n) is 2.73. The second-order valence-electron chi connectivity index (χ2n) is 6.41. The van der Waals surface area contributed by atoms with Crippen LogP contribution in [0.15, 0.2) is 66.7 Å². The zero-order chi connectivity index (χ0) is 21.9. The summed E-state index contributed by atoms with van der Waals surface area (Å²) < 4.78 is 45.0. The zero-order valence-electron chi connectivity index (χ0n) is 16.1. The first-order valence-electron chi connectivity index (χ1n) is 8.84. The first kappa shape index (κ1) is 21.0. The van der Waals surface area contributed by atoms with Crippen molar-refractivity contribution < 1.29 is 27.5 Å². The van der Waals surface area contributed by atoms with Crippen molar-refractivity contribution >= 4 is 11.6 Å². The monoisotopic (exact) mass is 414 g/mol. The second-order valence-corrected chi connectivity index (χ2v) is 6.41. The van der Waals surface area contributed by atoms with E-state index in [9.17, 15) is 22.8 Å². The van der Waals surface area contributed by atoms with Crippen LogP contribution in [-0.4, -0.2) is 28.5 Å². The Morgan fingerprint density at radius 1 is 1.00 bits per heavy atom. The number of ketones is 2. The highest BCUT2D eigenvalue weighted by Crippen LogP contribution is 2.30. The van der Waals surface area contributed by atoms with Crippen molar-refractivity contribution in [2.45, 2.75) is 13.1 Å². The second kappa shape index (κ2) is 8.36. The van der Waals surface area contributed by atoms with Gasteiger partial charge in [0.15, 0.2) is 5.78 Å². The summed E-state index contributed by atoms with van der Waals surface area (Å²) in [4.78, 5) is 23.8. The van der Waals surface area contributed by atoms with Gasteiger partial charge in [-0.05, 0) is 73.7 Å². The molecule has 0 N–H and O–H groups in total. The quantitative estimate of drug-likeness (QED) is 0.425. The van der Waals surface area contributed by atoms with Crippen molar-refractivity contribution in [3.05, 3.63) is 78.0 Å². The third-order valence-electron chi connectivity index (χ3n) is 4.26. The summed E-state index contributed by atoms with van der Waals surface area (Å²) in [6.07, 6.45) is -2.24. The summed E-state index contributed by atoms with van der Waals surface area (Å²) >= 11 is 0. The van der Waals surface area contributed by atoms with Crippen LogP contribution >= 0.6 is 0 Å². The summed E-state index contributed by atoms with van der Waals surface area (Å²) in [7, 11) is 1.53. The van der Waals surface area contributed by atoms with Gasteiger partial charge in [-0.25, -0.2) is 4.68 Å². The molecule has 0 saturated heterocycles. The molecule has 0 saturated carbocycles. The number of hydrogen-bond donors (Lipinski definition) is 0. The molecule has 0 bridgehead atoms. The van der Waals surface area contributed by atoms with Gasteiger partial charge in [0.1, 0.15) is 11.4 Å². The van der Waals surface area contributed by atoms with Crippen LogP contribution in [0.5, 0.6) is 5.75 Å². The van der Waals surface area contributed by atoms with Gasteiger partial charge in [-0.1, -0.05) is 0 Å². The van der Waals surface area contributed by atoms with Gasteiger partial charge >= 0.3 is 6.18 Å². The predicted molar refractivity (Wildman–Crippen MR) is 105 cm³/mol. The Bertz CT molecular complexity index is 1100. The van der Waals surface area contributed by atoms with Gasteiger partial charge in [0.05, 0.1) is 24.1 Å². The molecule has 0 aliphatic heterocycles. The van der Waals surface area contributed by atoms with E-state index in [0.717, 1.165) is 24.3 Å². The minimum Gasteiger partial charge on any atom is -0.497 e. The predicted octanol–water partition coefficient (Wildman–Crippen LogP) is 4.89. The summed E-state index contributed by atoms with van der Waals surface area (Å²) in [6, 6.07) is 12.8. The molecule has 0 atom stereocenters. The van der Waals surface area contributed by atoms with Crippen LogP contribution in [-0.2, 0) is 11.0 Å². The Labute approximate surface area is 170 Å². The van der Waals surface area contributed by atoms with Crippen molar-refractivity contribution in [1.29, 1.82) is 0 Å². The minimum absolute atomic E-state index is 0.109. The molecule has 1 heterocycles. The molecule has 8 heteroatoms. The highest BCUT2D eigenvalue weighted by atomic mass is 19.4. The van der Waals surface area contributed by atoms with Crippen LogP contribution in [0, 0.1) is 0 Å². The lowest BCUT2D eigenvalue weighted by Crippen LogP contribution is -2.09. The molecule has 5 nitrogen and oxygen atoms in total. The minimum atomic E-state index is -4.47. The summed E-state index contributed by atoms with van der Waals surface area (Å²) in [6.45, 7) is 1.31. The molecule has 0 unspecified atom stereocenters. The molecule has 1 aromatic heterocycles. The molecule has 0 aliphatic rings. The molecule has 0 amide bonds. The Kier molecular flexibility index (Phi) is 5.86. The average molecular weight is 414 g/mol. The Hall–Kier alpha value is -3.68. The number of methoxy groups -OCH3 is 1. The van der Waals surface area contributed by atoms with Crippen LogP contribution in [0.4, 0.5) is 13.2 Å². The Morgan fingerprint density at radius 2 is 1.63 bits per heavy atom. The molecule has 3 rings (SSSR count). The highest BCUT2D eigenvalue weighted by Gasteiger charge is 2.30. The normalized spacial score (nSPS) is 11.6. The van der Waals surface area contributed by atoms with Crippen molar-refractivity contribution in [2.24, 2.45) is 0 Å². The van der Waals surface area contributed by atoms with E-state index in [1.54, 1.807) is 24.3 Å². The molecular formula is C22H17F3N2O3. The number of aromatic nitrogens is 2. The molecule has 30 heavy (non-hydrogen) atoms. The Morgan fingerprint density at radius 3 is 2.17 bits per heavy atom. The van der Waals surface area contributed by atoms with Gasteiger partial charge in [0, 0.05) is 5.56 Å². The number of carbonyl (C=O) groups is 2. The number of ether oxygens (including phenoxy) is 1. The fraction of sp³-hybridized carbons (Fsp3) is 0.136. The molecule has 154 valence electrons. The summed E-state index contributed by atoms with van der Waals surface area (Å²) in [5.41, 5.74) is 0.710. The van der Waals surface area contributed by atoms with Gasteiger partial charge < -0.3 is 4.74 Å². The maximum absolute atomic E-state index is 12.9. The molecule has 2 aromatic carbocycles. The number of hydrogen-bond acceptors (Lipinski definition) is 4. The highest BCUT2D eigenvalue weighted by molar-refractivity contribution is 6.07. The summed E-state index contributed by atoms with van der Waals surface area (Å²) in [5.74, 6) is -0.168. The van der Waals surface area contributed by atoms with Crippen molar-refractivity contribution in [1.82, 2.24) is 9.78 Å². The third-order valence-corrected chi connectivity index (χ3v) is 4.26. The average Bonchev–Trinajstić information content (AvgIpc) is 3.17. The van der Waals surface area contributed by atoms with Gasteiger partial charge in [0.2, 0.25) is 5.78 Å². The molecule has 0 fully saturated rings. The lowest BCUT2D eigenvalue weighted by molar-refractivity contribution is -0.137. The van der Waals surface area contributed by atoms with E-state index in [2.05, 4.69) is 5.10 Å². The number of allylic oxidation sites excluding steroid dienone is 2. The smallest absolute Gasteiger partial charge is 0.416 e. The summed E-state index contributed by atoms with van der Waals surface area (Å²) in [5, 5.41) is 4.40. The van der Waals surface area contributed by atoms with E-state index in [1.165, 1.54) is 36.9 Å². The topological polar surface area (TPSA) is 61.2 Å². The molecule has 0 spiro atoms. The number of benzene rings is 2. The van der Waals surface area contributed by atoms with Crippen LogP contribution < -0.4 is 4.74 Å². The van der Waals surface area contributed by atoms with Crippen LogP contribution in [0.2, 0.25) is 0 Å². The lowest BCUT2D eigenvalue weighted by atomic mass is 10.1. The standard InChI is InChI=1S/C22H17F3N2O3/c1-14(28)3-12-21(29)20-13-19(15-4-10-18(30-2)11-5-15)26-27(20)17-8-6-16(7-9-17)22(23,24)25/h3-13H,1-2H3/b12-3-. The first-order valence-corrected chi connectivity index (χ1v) is 8.84. The fourth-order valence-corrected chi connectivity index (χ4v) is 2.73. The lowest BCUT2D eigenvalue weighted by Gasteiger charge is -2.09. The largest absolute Gasteiger partial charge is 0.497 e. The Balaban J connectivity index is 2.08. The third kappa shape index (κ3) is 4.65. The molecule has 3 aromatic rings. The van der Waals surface area contributed by atoms with Crippen LogP contribution in [0.1, 0.15) is 23.0 Å². The molecular weight excluding hydrogens is 397 g/mol. The number of halogens is 3. The van der Waals surface area contributed by atoms with E-state index in [4.69, 9.17) is 4.74 Å². The van der Waals surface area contributed by atoms with Crippen molar-refractivity contribution in [2.75, 3.05) is 7.11 Å². The van der Waals surface area contributed by atoms with Gasteiger partial charge in [-0.15, -0.1) is 0 Å². The van der Waals surface area contributed by atoms with Gasteiger partial charge in [-0.2, -0.15) is 18.3 Å². The van der Waals surface area contributed by atoms with E-state index in [0.29, 0.717) is 17.0 Å². The maximum atomic E-state index is 12.9. The maximum Gasteiger partial charge on any atom is 0.416 e. The number of nitrogens with zero attached hydrogens (tertiary/aromatic N) is 2. The van der Waals surface area contributed by atoms with Crippen LogP contribution in [0.25, 0.3) is 16.9 Å². The number of alkyl halides is 3. The first-order chi connectivity index (χ1) is 14.2. The van der Waals surface area contributed by atoms with Gasteiger partial charge in [-0.3, -0.25) is 9.59 Å². The molecule has 0 radical (unpaired) electrons. The zero-order valence-corrected chi connectivity index (χ0v) is 16.1. The van der Waals surface area contributed by atoms with E-state index < -0.39 is 17.5 Å². The number of carbonyl (C=O) groups excluding carboxylic acids is 2. The van der Waals surface area contributed by atoms with Crippen molar-refractivity contribution in [3.63, 3.8) is 0 Å². The van der Waals surface area contributed by atoms with E-state index >= 15 is 0 Å². The van der Waals surface area contributed by atoms with Crippen LogP contribution in [0.3, 0.4) is 0 Å². The number of rotatable bonds is 6. The van der Waals surface area contributed by atoms with Crippen molar-refractivity contribution in [3.8, 4) is 22.7 Å². The SMILES string of the molecule is COc1ccc(-c2cc(C(=O)/C=C\C(C)=O)n(-c3ccc(C(F)(F)F)cc3)n2)cc1. The molecule has 0 aliphatic carbocycles.